The van der Waals surface area contributed by atoms with Gasteiger partial charge in [0, 0.05) is 18.6 Å². The fourth-order valence-corrected chi connectivity index (χ4v) is 1.95. The Bertz CT molecular complexity index is 699. The number of nitro benzene ring substituents is 1. The first-order valence-corrected chi connectivity index (χ1v) is 6.75. The van der Waals surface area contributed by atoms with E-state index in [4.69, 9.17) is 0 Å². The van der Waals surface area contributed by atoms with Gasteiger partial charge in [-0.2, -0.15) is 0 Å². The molecule has 0 aliphatic carbocycles. The number of amides is 1. The van der Waals surface area contributed by atoms with E-state index in [0.717, 1.165) is 29.3 Å². The van der Waals surface area contributed by atoms with Gasteiger partial charge < -0.3 is 5.32 Å². The van der Waals surface area contributed by atoms with E-state index < -0.39 is 10.7 Å². The number of hydrogen-bond acceptors (Lipinski definition) is 3. The minimum absolute atomic E-state index is 0.172. The summed E-state index contributed by atoms with van der Waals surface area (Å²) >= 11 is 0. The molecule has 0 saturated carbocycles. The van der Waals surface area contributed by atoms with Gasteiger partial charge in [0.2, 0.25) is 5.91 Å². The van der Waals surface area contributed by atoms with Gasteiger partial charge in [0.15, 0.2) is 0 Å². The topological polar surface area (TPSA) is 72.2 Å². The summed E-state index contributed by atoms with van der Waals surface area (Å²) in [5, 5.41) is 13.0. The highest BCUT2D eigenvalue weighted by Crippen LogP contribution is 2.21. The lowest BCUT2D eigenvalue weighted by Gasteiger charge is -2.06. The van der Waals surface area contributed by atoms with Gasteiger partial charge in [0.1, 0.15) is 5.82 Å². The van der Waals surface area contributed by atoms with E-state index in [-0.39, 0.29) is 23.7 Å². The monoisotopic (exact) mass is 302 g/mol. The van der Waals surface area contributed by atoms with Gasteiger partial charge in [-0.1, -0.05) is 29.8 Å². The van der Waals surface area contributed by atoms with Crippen LogP contribution in [-0.4, -0.2) is 10.8 Å². The predicted octanol–water partition coefficient (Wildman–Crippen LogP) is 3.61. The van der Waals surface area contributed by atoms with Crippen molar-refractivity contribution in [2.45, 2.75) is 19.8 Å². The highest BCUT2D eigenvalue weighted by molar-refractivity contribution is 5.91. The van der Waals surface area contributed by atoms with Gasteiger partial charge in [-0.3, -0.25) is 14.9 Å². The lowest BCUT2D eigenvalue weighted by molar-refractivity contribution is -0.384. The maximum Gasteiger partial charge on any atom is 0.271 e. The Balaban J connectivity index is 1.98. The molecule has 2 aromatic rings. The number of non-ortho nitro benzene ring substituents is 1. The summed E-state index contributed by atoms with van der Waals surface area (Å²) in [7, 11) is 0. The highest BCUT2D eigenvalue weighted by Gasteiger charge is 2.13. The predicted molar refractivity (Wildman–Crippen MR) is 81.2 cm³/mol. The number of nitrogens with one attached hydrogen (secondary N) is 1. The molecule has 0 heterocycles. The molecule has 22 heavy (non-hydrogen) atoms. The number of aryl methyl sites for hydroxylation is 2. The second kappa shape index (κ2) is 6.80. The number of rotatable bonds is 5. The van der Waals surface area contributed by atoms with Crippen LogP contribution in [0.5, 0.6) is 0 Å². The molecule has 0 atom stereocenters. The third-order valence-electron chi connectivity index (χ3n) is 3.20. The van der Waals surface area contributed by atoms with Crippen LogP contribution in [0.2, 0.25) is 0 Å². The number of carbonyl (C=O) groups excluding carboxylic acids is 1. The lowest BCUT2D eigenvalue weighted by atomic mass is 10.1. The Labute approximate surface area is 126 Å². The smallest absolute Gasteiger partial charge is 0.271 e. The summed E-state index contributed by atoms with van der Waals surface area (Å²) in [5.41, 5.74) is 1.69. The maximum atomic E-state index is 13.6. The van der Waals surface area contributed by atoms with Crippen molar-refractivity contribution in [2.75, 3.05) is 5.32 Å². The number of nitro groups is 1. The van der Waals surface area contributed by atoms with Crippen LogP contribution in [0.4, 0.5) is 15.8 Å². The zero-order valence-electron chi connectivity index (χ0n) is 12.0. The molecule has 1 N–H and O–H groups in total. The SMILES string of the molecule is Cc1ccc(CCC(=O)Nc2cc([N+](=O)[O-])ccc2F)cc1. The summed E-state index contributed by atoms with van der Waals surface area (Å²) < 4.78 is 13.6. The second-order valence-corrected chi connectivity index (χ2v) is 4.96. The summed E-state index contributed by atoms with van der Waals surface area (Å²) in [4.78, 5) is 21.9. The lowest BCUT2D eigenvalue weighted by Crippen LogP contribution is -2.13. The van der Waals surface area contributed by atoms with Gasteiger partial charge in [0.25, 0.3) is 5.69 Å². The molecule has 0 spiro atoms. The number of halogens is 1. The van der Waals surface area contributed by atoms with Gasteiger partial charge in [-0.05, 0) is 25.0 Å². The molecule has 0 radical (unpaired) electrons. The third kappa shape index (κ3) is 4.12. The molecule has 0 saturated heterocycles. The third-order valence-corrected chi connectivity index (χ3v) is 3.20. The largest absolute Gasteiger partial charge is 0.323 e. The zero-order valence-corrected chi connectivity index (χ0v) is 12.0. The molecular weight excluding hydrogens is 287 g/mol. The van der Waals surface area contributed by atoms with E-state index >= 15 is 0 Å². The first kappa shape index (κ1) is 15.6. The summed E-state index contributed by atoms with van der Waals surface area (Å²) in [6, 6.07) is 10.8. The van der Waals surface area contributed by atoms with Crippen molar-refractivity contribution in [2.24, 2.45) is 0 Å². The minimum atomic E-state index is -0.700. The van der Waals surface area contributed by atoms with Crippen LogP contribution in [0.25, 0.3) is 0 Å². The van der Waals surface area contributed by atoms with Crippen LogP contribution >= 0.6 is 0 Å². The molecule has 0 aromatic heterocycles. The second-order valence-electron chi connectivity index (χ2n) is 4.96. The summed E-state index contributed by atoms with van der Waals surface area (Å²) in [6.07, 6.45) is 0.688. The quantitative estimate of drug-likeness (QED) is 0.677. The number of benzene rings is 2. The average Bonchev–Trinajstić information content (AvgIpc) is 2.48. The van der Waals surface area contributed by atoms with Crippen LogP contribution in [0.1, 0.15) is 17.5 Å². The molecule has 2 rings (SSSR count). The van der Waals surface area contributed by atoms with E-state index in [0.29, 0.717) is 6.42 Å². The number of anilines is 1. The van der Waals surface area contributed by atoms with Crippen LogP contribution < -0.4 is 5.32 Å². The van der Waals surface area contributed by atoms with Crippen molar-refractivity contribution in [3.8, 4) is 0 Å². The van der Waals surface area contributed by atoms with E-state index in [9.17, 15) is 19.3 Å². The highest BCUT2D eigenvalue weighted by atomic mass is 19.1. The Morgan fingerprint density at radius 1 is 1.23 bits per heavy atom. The van der Waals surface area contributed by atoms with Crippen LogP contribution in [0, 0.1) is 22.9 Å². The normalized spacial score (nSPS) is 10.3. The van der Waals surface area contributed by atoms with E-state index in [1.165, 1.54) is 0 Å². The Morgan fingerprint density at radius 3 is 2.55 bits per heavy atom. The Kier molecular flexibility index (Phi) is 4.83. The van der Waals surface area contributed by atoms with Gasteiger partial charge in [-0.15, -0.1) is 0 Å². The van der Waals surface area contributed by atoms with Gasteiger partial charge >= 0.3 is 0 Å². The Hall–Kier alpha value is -2.76. The van der Waals surface area contributed by atoms with Crippen molar-refractivity contribution in [3.63, 3.8) is 0 Å². The van der Waals surface area contributed by atoms with Crippen LogP contribution in [0.15, 0.2) is 42.5 Å². The number of carbonyl (C=O) groups is 1. The number of hydrogen-bond donors (Lipinski definition) is 1. The minimum Gasteiger partial charge on any atom is -0.323 e. The standard InChI is InChI=1S/C16H15FN2O3/c1-11-2-4-12(5-3-11)6-9-16(20)18-15-10-13(19(21)22)7-8-14(15)17/h2-5,7-8,10H,6,9H2,1H3,(H,18,20). The summed E-state index contributed by atoms with van der Waals surface area (Å²) in [6.45, 7) is 1.97. The van der Waals surface area contributed by atoms with Crippen molar-refractivity contribution < 1.29 is 14.1 Å². The molecule has 0 aliphatic heterocycles. The fraction of sp³-hybridized carbons (Fsp3) is 0.188. The molecule has 0 unspecified atom stereocenters. The van der Waals surface area contributed by atoms with Gasteiger partial charge in [-0.25, -0.2) is 4.39 Å². The fourth-order valence-electron chi connectivity index (χ4n) is 1.95. The van der Waals surface area contributed by atoms with E-state index in [1.54, 1.807) is 0 Å². The molecule has 2 aromatic carbocycles. The van der Waals surface area contributed by atoms with Crippen LogP contribution in [0.3, 0.4) is 0 Å². The first-order chi connectivity index (χ1) is 10.5. The first-order valence-electron chi connectivity index (χ1n) is 6.75. The number of nitrogens with zero attached hydrogens (tertiary/aromatic N) is 1. The average molecular weight is 302 g/mol. The molecular formula is C16H15FN2O3. The maximum absolute atomic E-state index is 13.6. The summed E-state index contributed by atoms with van der Waals surface area (Å²) in [5.74, 6) is -1.09. The Morgan fingerprint density at radius 2 is 1.91 bits per heavy atom. The van der Waals surface area contributed by atoms with Crippen molar-refractivity contribution in [1.82, 2.24) is 0 Å². The molecule has 5 nitrogen and oxygen atoms in total. The molecule has 114 valence electrons. The molecule has 0 fully saturated rings. The van der Waals surface area contributed by atoms with Crippen molar-refractivity contribution in [1.29, 1.82) is 0 Å². The zero-order chi connectivity index (χ0) is 16.1. The van der Waals surface area contributed by atoms with E-state index in [2.05, 4.69) is 5.32 Å². The molecule has 1 amide bonds. The van der Waals surface area contributed by atoms with Crippen molar-refractivity contribution in [3.05, 3.63) is 69.5 Å². The van der Waals surface area contributed by atoms with Gasteiger partial charge in [0.05, 0.1) is 10.6 Å². The van der Waals surface area contributed by atoms with Crippen molar-refractivity contribution >= 4 is 17.3 Å². The van der Waals surface area contributed by atoms with E-state index in [1.807, 2.05) is 31.2 Å². The molecule has 0 bridgehead atoms. The molecule has 0 aliphatic rings. The van der Waals surface area contributed by atoms with Crippen LogP contribution in [-0.2, 0) is 11.2 Å². The molecule has 6 heteroatoms.